The van der Waals surface area contributed by atoms with E-state index in [0.29, 0.717) is 5.56 Å². The molecule has 0 spiro atoms. The molecule has 0 bridgehead atoms. The number of hydrogen-bond acceptors (Lipinski definition) is 1. The Kier molecular flexibility index (Phi) is 5.45. The van der Waals surface area contributed by atoms with E-state index in [2.05, 4.69) is 12.2 Å². The summed E-state index contributed by atoms with van der Waals surface area (Å²) in [5, 5.41) is 3.35. The average molecular weight is 289 g/mol. The van der Waals surface area contributed by atoms with Gasteiger partial charge in [0.25, 0.3) is 0 Å². The minimum absolute atomic E-state index is 0.0500. The van der Waals surface area contributed by atoms with Crippen molar-refractivity contribution in [2.75, 3.05) is 6.54 Å². The molecule has 0 amide bonds. The van der Waals surface area contributed by atoms with Crippen molar-refractivity contribution in [2.24, 2.45) is 0 Å². The molecule has 0 saturated heterocycles. The highest BCUT2D eigenvalue weighted by atomic mass is 19.2. The van der Waals surface area contributed by atoms with Gasteiger partial charge in [-0.2, -0.15) is 0 Å². The van der Waals surface area contributed by atoms with Crippen LogP contribution >= 0.6 is 0 Å². The summed E-state index contributed by atoms with van der Waals surface area (Å²) in [6.45, 7) is 4.85. The Balaban J connectivity index is 2.36. The third-order valence-electron chi connectivity index (χ3n) is 3.76. The Bertz CT molecular complexity index is 569. The van der Waals surface area contributed by atoms with Crippen LogP contribution in [0.25, 0.3) is 0 Å². The Hall–Kier alpha value is -1.74. The molecule has 2 aromatic rings. The lowest BCUT2D eigenvalue weighted by molar-refractivity contribution is 0.427. The molecule has 2 unspecified atom stereocenters. The standard InChI is InChI=1S/C18H21F2N/c1-3-12-21-18(13(2)14-8-5-4-6-9-14)15-10-7-11-16(19)17(15)20/h4-11,13,18,21H,3,12H2,1-2H3. The van der Waals surface area contributed by atoms with E-state index >= 15 is 0 Å². The van der Waals surface area contributed by atoms with Gasteiger partial charge in [0.2, 0.25) is 0 Å². The van der Waals surface area contributed by atoms with E-state index in [9.17, 15) is 8.78 Å². The van der Waals surface area contributed by atoms with Crippen LogP contribution in [0.1, 0.15) is 43.4 Å². The largest absolute Gasteiger partial charge is 0.309 e. The topological polar surface area (TPSA) is 12.0 Å². The lowest BCUT2D eigenvalue weighted by atomic mass is 9.88. The quantitative estimate of drug-likeness (QED) is 0.804. The van der Waals surface area contributed by atoms with Gasteiger partial charge in [-0.15, -0.1) is 0 Å². The summed E-state index contributed by atoms with van der Waals surface area (Å²) in [5.41, 5.74) is 1.49. The monoisotopic (exact) mass is 289 g/mol. The molecule has 21 heavy (non-hydrogen) atoms. The van der Waals surface area contributed by atoms with Crippen molar-refractivity contribution in [1.82, 2.24) is 5.32 Å². The molecule has 3 heteroatoms. The summed E-state index contributed by atoms with van der Waals surface area (Å²) >= 11 is 0. The summed E-state index contributed by atoms with van der Waals surface area (Å²) < 4.78 is 27.7. The zero-order chi connectivity index (χ0) is 15.2. The van der Waals surface area contributed by atoms with Crippen LogP contribution in [-0.4, -0.2) is 6.54 Å². The maximum Gasteiger partial charge on any atom is 0.163 e. The van der Waals surface area contributed by atoms with Gasteiger partial charge in [-0.3, -0.25) is 0 Å². The Labute approximate surface area is 125 Å². The van der Waals surface area contributed by atoms with Gasteiger partial charge < -0.3 is 5.32 Å². The predicted molar refractivity (Wildman–Crippen MR) is 82.2 cm³/mol. The van der Waals surface area contributed by atoms with Gasteiger partial charge in [0.05, 0.1) is 0 Å². The highest BCUT2D eigenvalue weighted by molar-refractivity contribution is 5.29. The number of nitrogens with one attached hydrogen (secondary N) is 1. The molecule has 0 aliphatic carbocycles. The second-order valence-corrected chi connectivity index (χ2v) is 5.27. The predicted octanol–water partition coefficient (Wildman–Crippen LogP) is 4.81. The second kappa shape index (κ2) is 7.32. The molecule has 0 heterocycles. The van der Waals surface area contributed by atoms with E-state index in [1.807, 2.05) is 37.3 Å². The third-order valence-corrected chi connectivity index (χ3v) is 3.76. The van der Waals surface area contributed by atoms with Gasteiger partial charge in [0.15, 0.2) is 11.6 Å². The van der Waals surface area contributed by atoms with Crippen LogP contribution in [0.2, 0.25) is 0 Å². The molecule has 0 saturated carbocycles. The van der Waals surface area contributed by atoms with Crippen molar-refractivity contribution >= 4 is 0 Å². The first-order chi connectivity index (χ1) is 10.1. The number of rotatable bonds is 6. The molecular weight excluding hydrogens is 268 g/mol. The summed E-state index contributed by atoms with van der Waals surface area (Å²) in [6, 6.07) is 14.0. The highest BCUT2D eigenvalue weighted by Crippen LogP contribution is 2.32. The van der Waals surface area contributed by atoms with Crippen molar-refractivity contribution in [2.45, 2.75) is 32.2 Å². The Morgan fingerprint density at radius 3 is 2.38 bits per heavy atom. The zero-order valence-corrected chi connectivity index (χ0v) is 12.4. The fourth-order valence-electron chi connectivity index (χ4n) is 2.57. The molecule has 1 N–H and O–H groups in total. The van der Waals surface area contributed by atoms with Gasteiger partial charge >= 0.3 is 0 Å². The van der Waals surface area contributed by atoms with E-state index < -0.39 is 11.6 Å². The molecule has 0 aliphatic heterocycles. The van der Waals surface area contributed by atoms with Crippen LogP contribution in [0, 0.1) is 11.6 Å². The average Bonchev–Trinajstić information content (AvgIpc) is 2.52. The van der Waals surface area contributed by atoms with Crippen LogP contribution in [-0.2, 0) is 0 Å². The summed E-state index contributed by atoms with van der Waals surface area (Å²) in [7, 11) is 0. The minimum Gasteiger partial charge on any atom is -0.309 e. The fourth-order valence-corrected chi connectivity index (χ4v) is 2.57. The molecule has 2 atom stereocenters. The summed E-state index contributed by atoms with van der Waals surface area (Å²) in [6.07, 6.45) is 0.939. The molecule has 2 rings (SSSR count). The zero-order valence-electron chi connectivity index (χ0n) is 12.4. The van der Waals surface area contributed by atoms with E-state index in [1.165, 1.54) is 0 Å². The van der Waals surface area contributed by atoms with Crippen molar-refractivity contribution < 1.29 is 8.78 Å². The molecule has 112 valence electrons. The fraction of sp³-hybridized carbons (Fsp3) is 0.333. The van der Waals surface area contributed by atoms with Crippen molar-refractivity contribution in [3.63, 3.8) is 0 Å². The maximum atomic E-state index is 14.1. The van der Waals surface area contributed by atoms with Crippen LogP contribution in [0.3, 0.4) is 0 Å². The van der Waals surface area contributed by atoms with Gasteiger partial charge in [-0.05, 0) is 24.6 Å². The van der Waals surface area contributed by atoms with Crippen LogP contribution in [0.4, 0.5) is 8.78 Å². The van der Waals surface area contributed by atoms with Crippen LogP contribution < -0.4 is 5.32 Å². The first-order valence-corrected chi connectivity index (χ1v) is 7.37. The Morgan fingerprint density at radius 1 is 1.00 bits per heavy atom. The van der Waals surface area contributed by atoms with Crippen molar-refractivity contribution in [3.05, 3.63) is 71.3 Å². The third kappa shape index (κ3) is 3.67. The van der Waals surface area contributed by atoms with E-state index in [-0.39, 0.29) is 12.0 Å². The second-order valence-electron chi connectivity index (χ2n) is 5.27. The summed E-state index contributed by atoms with van der Waals surface area (Å²) in [4.78, 5) is 0. The molecule has 0 fully saturated rings. The normalized spacial score (nSPS) is 13.9. The van der Waals surface area contributed by atoms with E-state index in [4.69, 9.17) is 0 Å². The van der Waals surface area contributed by atoms with Gasteiger partial charge in [-0.1, -0.05) is 56.3 Å². The lowest BCUT2D eigenvalue weighted by Gasteiger charge is -2.26. The maximum absolute atomic E-state index is 14.1. The number of benzene rings is 2. The molecule has 0 aliphatic rings. The molecule has 0 radical (unpaired) electrons. The number of hydrogen-bond donors (Lipinski definition) is 1. The molecule has 0 aromatic heterocycles. The first-order valence-electron chi connectivity index (χ1n) is 7.37. The van der Waals surface area contributed by atoms with Gasteiger partial charge in [0.1, 0.15) is 0 Å². The van der Waals surface area contributed by atoms with E-state index in [1.54, 1.807) is 12.1 Å². The van der Waals surface area contributed by atoms with Crippen LogP contribution in [0.15, 0.2) is 48.5 Å². The SMILES string of the molecule is CCCNC(c1cccc(F)c1F)C(C)c1ccccc1. The molecule has 1 nitrogen and oxygen atoms in total. The lowest BCUT2D eigenvalue weighted by Crippen LogP contribution is -2.27. The summed E-state index contributed by atoms with van der Waals surface area (Å²) in [5.74, 6) is -1.50. The van der Waals surface area contributed by atoms with Gasteiger partial charge in [-0.25, -0.2) is 8.78 Å². The highest BCUT2D eigenvalue weighted by Gasteiger charge is 2.24. The minimum atomic E-state index is -0.795. The Morgan fingerprint density at radius 2 is 1.71 bits per heavy atom. The number of halogens is 2. The van der Waals surface area contributed by atoms with Crippen molar-refractivity contribution in [1.29, 1.82) is 0 Å². The van der Waals surface area contributed by atoms with Gasteiger partial charge in [0, 0.05) is 17.5 Å². The van der Waals surface area contributed by atoms with Crippen molar-refractivity contribution in [3.8, 4) is 0 Å². The molecular formula is C18H21F2N. The molecule has 2 aromatic carbocycles. The smallest absolute Gasteiger partial charge is 0.163 e. The van der Waals surface area contributed by atoms with E-state index in [0.717, 1.165) is 24.6 Å². The van der Waals surface area contributed by atoms with Crippen LogP contribution in [0.5, 0.6) is 0 Å². The first kappa shape index (κ1) is 15.6.